The lowest BCUT2D eigenvalue weighted by Crippen LogP contribution is -2.41. The van der Waals surface area contributed by atoms with Crippen molar-refractivity contribution in [2.45, 2.75) is 58.2 Å². The maximum Gasteiger partial charge on any atom is 0.494 e. The fourth-order valence-corrected chi connectivity index (χ4v) is 3.68. The molecule has 1 aliphatic heterocycles. The van der Waals surface area contributed by atoms with E-state index < -0.39 is 0 Å². The first kappa shape index (κ1) is 15.9. The Hall–Kier alpha value is -1.65. The van der Waals surface area contributed by atoms with Gasteiger partial charge in [-0.1, -0.05) is 38.1 Å². The normalized spacial score (nSPS) is 22.3. The summed E-state index contributed by atoms with van der Waals surface area (Å²) in [5.74, 6) is 0. The van der Waals surface area contributed by atoms with Crippen LogP contribution in [0.25, 0.3) is 11.3 Å². The van der Waals surface area contributed by atoms with Gasteiger partial charge in [0, 0.05) is 17.2 Å². The van der Waals surface area contributed by atoms with E-state index in [2.05, 4.69) is 70.8 Å². The summed E-state index contributed by atoms with van der Waals surface area (Å²) in [6, 6.07) is 10.7. The van der Waals surface area contributed by atoms with Crippen LogP contribution in [-0.2, 0) is 14.7 Å². The maximum absolute atomic E-state index is 6.22. The molecule has 4 heteroatoms. The molecular formula is C20H24BNO2. The molecule has 2 aliphatic rings. The van der Waals surface area contributed by atoms with Crippen molar-refractivity contribution in [3.63, 3.8) is 0 Å². The van der Waals surface area contributed by atoms with Crippen molar-refractivity contribution in [1.82, 2.24) is 4.98 Å². The maximum atomic E-state index is 6.22. The van der Waals surface area contributed by atoms with Crippen molar-refractivity contribution in [3.8, 4) is 11.3 Å². The van der Waals surface area contributed by atoms with Gasteiger partial charge in [0.25, 0.3) is 0 Å². The molecule has 0 saturated carbocycles. The number of nitrogens with zero attached hydrogens (tertiary/aromatic N) is 1. The van der Waals surface area contributed by atoms with Crippen molar-refractivity contribution in [3.05, 3.63) is 47.7 Å². The second-order valence-electron chi connectivity index (χ2n) is 8.42. The lowest BCUT2D eigenvalue weighted by atomic mass is 9.74. The van der Waals surface area contributed by atoms with Gasteiger partial charge in [-0.25, -0.2) is 0 Å². The molecule has 0 spiro atoms. The van der Waals surface area contributed by atoms with Crippen LogP contribution in [-0.4, -0.2) is 23.3 Å². The summed E-state index contributed by atoms with van der Waals surface area (Å²) in [4.78, 5) is 4.61. The van der Waals surface area contributed by atoms with Gasteiger partial charge in [0.2, 0.25) is 0 Å². The summed E-state index contributed by atoms with van der Waals surface area (Å²) in [6.07, 6.45) is 1.87. The van der Waals surface area contributed by atoms with Gasteiger partial charge in [0.05, 0.1) is 16.9 Å². The van der Waals surface area contributed by atoms with Crippen LogP contribution in [0.2, 0.25) is 0 Å². The van der Waals surface area contributed by atoms with Gasteiger partial charge in [-0.15, -0.1) is 0 Å². The number of benzene rings is 1. The lowest BCUT2D eigenvalue weighted by Gasteiger charge is -2.32. The van der Waals surface area contributed by atoms with E-state index in [9.17, 15) is 0 Å². The summed E-state index contributed by atoms with van der Waals surface area (Å²) in [7, 11) is -0.326. The summed E-state index contributed by atoms with van der Waals surface area (Å²) < 4.78 is 12.4. The molecule has 0 atom stereocenters. The molecule has 4 rings (SSSR count). The number of aromatic nitrogens is 1. The molecule has 0 bridgehead atoms. The molecule has 1 aromatic heterocycles. The predicted molar refractivity (Wildman–Crippen MR) is 97.5 cm³/mol. The standard InChI is InChI=1S/C20H24BNO2/c1-18(2)15-8-7-11-22-17(15)14-10-9-13(12-16(14)18)21-23-19(3,4)20(5,6)24-21/h7-12H,1-6H3. The van der Waals surface area contributed by atoms with Crippen LogP contribution >= 0.6 is 0 Å². The minimum absolute atomic E-state index is 0.0570. The first-order valence-electron chi connectivity index (χ1n) is 8.59. The molecule has 0 N–H and O–H groups in total. The first-order valence-corrected chi connectivity index (χ1v) is 8.59. The molecule has 3 nitrogen and oxygen atoms in total. The summed E-state index contributed by atoms with van der Waals surface area (Å²) in [5, 5.41) is 0. The third kappa shape index (κ3) is 2.03. The van der Waals surface area contributed by atoms with E-state index in [0.29, 0.717) is 0 Å². The van der Waals surface area contributed by atoms with Crippen molar-refractivity contribution in [2.24, 2.45) is 0 Å². The van der Waals surface area contributed by atoms with Gasteiger partial charge in [0.15, 0.2) is 0 Å². The fraction of sp³-hybridized carbons (Fsp3) is 0.450. The van der Waals surface area contributed by atoms with Crippen LogP contribution < -0.4 is 5.46 Å². The summed E-state index contributed by atoms with van der Waals surface area (Å²) in [5.41, 5.74) is 5.27. The van der Waals surface area contributed by atoms with Gasteiger partial charge < -0.3 is 9.31 Å². The van der Waals surface area contributed by atoms with E-state index >= 15 is 0 Å². The number of hydrogen-bond donors (Lipinski definition) is 0. The molecular weight excluding hydrogens is 297 g/mol. The van der Waals surface area contributed by atoms with E-state index in [1.165, 1.54) is 16.7 Å². The van der Waals surface area contributed by atoms with Gasteiger partial charge in [-0.2, -0.15) is 0 Å². The molecule has 0 amide bonds. The number of hydrogen-bond acceptors (Lipinski definition) is 3. The zero-order chi connectivity index (χ0) is 17.3. The van der Waals surface area contributed by atoms with Gasteiger partial charge >= 0.3 is 7.12 Å². The van der Waals surface area contributed by atoms with E-state index in [4.69, 9.17) is 9.31 Å². The molecule has 24 heavy (non-hydrogen) atoms. The molecule has 2 heterocycles. The highest BCUT2D eigenvalue weighted by molar-refractivity contribution is 6.62. The molecule has 0 unspecified atom stereocenters. The number of pyridine rings is 1. The zero-order valence-electron chi connectivity index (χ0n) is 15.3. The van der Waals surface area contributed by atoms with Crippen LogP contribution in [0, 0.1) is 0 Å². The number of rotatable bonds is 1. The molecule has 1 aliphatic carbocycles. The highest BCUT2D eigenvalue weighted by Gasteiger charge is 2.52. The average Bonchev–Trinajstić information content (AvgIpc) is 2.88. The van der Waals surface area contributed by atoms with E-state index in [-0.39, 0.29) is 23.7 Å². The van der Waals surface area contributed by atoms with Crippen LogP contribution in [0.3, 0.4) is 0 Å². The quantitative estimate of drug-likeness (QED) is 0.751. The minimum Gasteiger partial charge on any atom is -0.399 e. The van der Waals surface area contributed by atoms with Crippen molar-refractivity contribution in [2.75, 3.05) is 0 Å². The number of fused-ring (bicyclic) bond motifs is 3. The van der Waals surface area contributed by atoms with Crippen molar-refractivity contribution >= 4 is 12.6 Å². The van der Waals surface area contributed by atoms with Crippen molar-refractivity contribution < 1.29 is 9.31 Å². The Morgan fingerprint density at radius 3 is 2.21 bits per heavy atom. The molecule has 2 aromatic rings. The summed E-state index contributed by atoms with van der Waals surface area (Å²) in [6.45, 7) is 12.9. The largest absolute Gasteiger partial charge is 0.494 e. The third-order valence-electron chi connectivity index (χ3n) is 5.98. The van der Waals surface area contributed by atoms with Crippen LogP contribution in [0.4, 0.5) is 0 Å². The summed E-state index contributed by atoms with van der Waals surface area (Å²) >= 11 is 0. The highest BCUT2D eigenvalue weighted by atomic mass is 16.7. The molecule has 0 radical (unpaired) electrons. The molecule has 1 aromatic carbocycles. The highest BCUT2D eigenvalue weighted by Crippen LogP contribution is 2.47. The Bertz CT molecular complexity index is 810. The second kappa shape index (κ2) is 4.71. The topological polar surface area (TPSA) is 31.4 Å². The Morgan fingerprint density at radius 2 is 1.54 bits per heavy atom. The van der Waals surface area contributed by atoms with E-state index in [0.717, 1.165) is 11.2 Å². The Balaban J connectivity index is 1.78. The minimum atomic E-state index is -0.326. The molecule has 124 valence electrons. The van der Waals surface area contributed by atoms with Crippen LogP contribution in [0.1, 0.15) is 52.7 Å². The first-order chi connectivity index (χ1) is 11.1. The zero-order valence-corrected chi connectivity index (χ0v) is 15.3. The smallest absolute Gasteiger partial charge is 0.399 e. The van der Waals surface area contributed by atoms with Crippen molar-refractivity contribution in [1.29, 1.82) is 0 Å². The Kier molecular flexibility index (Phi) is 3.11. The van der Waals surface area contributed by atoms with E-state index in [1.54, 1.807) is 0 Å². The van der Waals surface area contributed by atoms with Crippen LogP contribution in [0.15, 0.2) is 36.5 Å². The monoisotopic (exact) mass is 321 g/mol. The van der Waals surface area contributed by atoms with Gasteiger partial charge in [0.1, 0.15) is 0 Å². The fourth-order valence-electron chi connectivity index (χ4n) is 3.68. The molecule has 1 fully saturated rings. The Labute approximate surface area is 144 Å². The van der Waals surface area contributed by atoms with E-state index in [1.807, 2.05) is 12.3 Å². The van der Waals surface area contributed by atoms with Gasteiger partial charge in [-0.3, -0.25) is 4.98 Å². The SMILES string of the molecule is CC1(C)c2cc(B3OC(C)(C)C(C)(C)O3)ccc2-c2ncccc21. The predicted octanol–water partition coefficient (Wildman–Crippen LogP) is 3.69. The second-order valence-corrected chi connectivity index (χ2v) is 8.42. The molecule has 1 saturated heterocycles. The Morgan fingerprint density at radius 1 is 0.875 bits per heavy atom. The lowest BCUT2D eigenvalue weighted by molar-refractivity contribution is 0.00578. The average molecular weight is 321 g/mol. The van der Waals surface area contributed by atoms with Gasteiger partial charge in [-0.05, 0) is 50.4 Å². The third-order valence-corrected chi connectivity index (χ3v) is 5.98. The van der Waals surface area contributed by atoms with Crippen LogP contribution in [0.5, 0.6) is 0 Å².